The molecule has 0 fully saturated rings. The van der Waals surface area contributed by atoms with Crippen LogP contribution in [0, 0.1) is 12.3 Å². The predicted molar refractivity (Wildman–Crippen MR) is 74.4 cm³/mol. The first-order valence-corrected chi connectivity index (χ1v) is 6.38. The van der Waals surface area contributed by atoms with Crippen LogP contribution in [0.5, 0.6) is 0 Å². The van der Waals surface area contributed by atoms with E-state index in [4.69, 9.17) is 16.2 Å². The number of nitrogens with two attached hydrogens (primary N) is 2. The largest absolute Gasteiger partial charge is 0.366 e. The molecule has 7 heteroatoms. The zero-order valence-corrected chi connectivity index (χ0v) is 11.9. The van der Waals surface area contributed by atoms with E-state index in [1.807, 2.05) is 0 Å². The molecule has 0 aliphatic heterocycles. The second kappa shape index (κ2) is 8.68. The normalized spacial score (nSPS) is 11.0. The van der Waals surface area contributed by atoms with Crippen LogP contribution in [0.4, 0.5) is 0 Å². The molecule has 112 valence electrons. The van der Waals surface area contributed by atoms with Crippen LogP contribution >= 0.6 is 0 Å². The van der Waals surface area contributed by atoms with E-state index in [2.05, 4.69) is 17.6 Å². The van der Waals surface area contributed by atoms with Crippen LogP contribution in [0.1, 0.15) is 23.7 Å². The fraction of sp³-hybridized carbons (Fsp3) is 0.357. The first-order chi connectivity index (χ1) is 10.0. The summed E-state index contributed by atoms with van der Waals surface area (Å²) in [6.07, 6.45) is 6.75. The molecule has 0 unspecified atom stereocenters. The molecule has 0 bridgehead atoms. The van der Waals surface area contributed by atoms with Crippen molar-refractivity contribution in [3.8, 4) is 0 Å². The van der Waals surface area contributed by atoms with Gasteiger partial charge in [0.1, 0.15) is 12.3 Å². The summed E-state index contributed by atoms with van der Waals surface area (Å²) in [6.45, 7) is 2.88. The number of amides is 2. The van der Waals surface area contributed by atoms with Crippen molar-refractivity contribution in [2.45, 2.75) is 20.1 Å². The summed E-state index contributed by atoms with van der Waals surface area (Å²) in [5.41, 5.74) is 11.2. The van der Waals surface area contributed by atoms with Gasteiger partial charge in [0.2, 0.25) is 12.1 Å². The Labute approximate surface area is 123 Å². The summed E-state index contributed by atoms with van der Waals surface area (Å²) in [5, 5.41) is 3.04. The second-order valence-electron chi connectivity index (χ2n) is 4.34. The smallest absolute Gasteiger partial charge is 0.263 e. The first kappa shape index (κ1) is 16.6. The van der Waals surface area contributed by atoms with Crippen LogP contribution in [0.15, 0.2) is 23.9 Å². The van der Waals surface area contributed by atoms with E-state index >= 15 is 0 Å². The van der Waals surface area contributed by atoms with Crippen LogP contribution in [0.25, 0.3) is 0 Å². The van der Waals surface area contributed by atoms with Gasteiger partial charge in [-0.05, 0) is 13.3 Å². The van der Waals surface area contributed by atoms with Gasteiger partial charge in [-0.15, -0.1) is 4.57 Å². The Morgan fingerprint density at radius 3 is 2.90 bits per heavy atom. The summed E-state index contributed by atoms with van der Waals surface area (Å²) in [5.74, 6) is -0.937. The van der Waals surface area contributed by atoms with Crippen molar-refractivity contribution in [3.63, 3.8) is 0 Å². The monoisotopic (exact) mass is 291 g/mol. The highest BCUT2D eigenvalue weighted by molar-refractivity contribution is 5.92. The molecule has 21 heavy (non-hydrogen) atoms. The molecule has 0 saturated heterocycles. The lowest BCUT2D eigenvalue weighted by Gasteiger charge is -2.02. The molecular weight excluding hydrogens is 272 g/mol. The fourth-order valence-corrected chi connectivity index (χ4v) is 1.41. The van der Waals surface area contributed by atoms with Crippen molar-refractivity contribution in [2.24, 2.45) is 11.5 Å². The molecule has 0 saturated carbocycles. The van der Waals surface area contributed by atoms with Crippen molar-refractivity contribution >= 4 is 11.8 Å². The van der Waals surface area contributed by atoms with Gasteiger partial charge in [0.25, 0.3) is 12.6 Å². The van der Waals surface area contributed by atoms with Gasteiger partial charge in [-0.25, -0.2) is 0 Å². The molecule has 0 aromatic carbocycles. The lowest BCUT2D eigenvalue weighted by Crippen LogP contribution is -2.36. The van der Waals surface area contributed by atoms with Gasteiger partial charge in [0.15, 0.2) is 6.20 Å². The molecule has 0 aliphatic rings. The summed E-state index contributed by atoms with van der Waals surface area (Å²) in [6, 6.07) is 4.14. The third kappa shape index (κ3) is 6.51. The Bertz CT molecular complexity index is 529. The fourth-order valence-electron chi connectivity index (χ4n) is 1.41. The average molecular weight is 291 g/mol. The number of nitrogens with one attached hydrogen (secondary N) is 1. The van der Waals surface area contributed by atoms with E-state index in [0.29, 0.717) is 30.8 Å². The standard InChI is InChI=1S/C14H18N4O3/c1-11(13(15)19)4-2-6-17-9-21-10-18-7-3-5-12(8-18)14(16)20/h4-5,8,17H,2,6,9-10H2,1H3,(H3-,15,16,19,20)/p+1/b11-4+. The third-order valence-corrected chi connectivity index (χ3v) is 2.61. The van der Waals surface area contributed by atoms with Crippen molar-refractivity contribution < 1.29 is 18.9 Å². The molecule has 0 radical (unpaired) electrons. The SMILES string of the molecule is C/C(=C\CCNCOC[n+]1c#ccc(C(N)=O)c1)C(N)=O. The van der Waals surface area contributed by atoms with E-state index in [1.165, 1.54) is 12.3 Å². The zero-order valence-electron chi connectivity index (χ0n) is 11.9. The number of carbonyl (C=O) groups excluding carboxylic acids is 2. The molecule has 0 aliphatic carbocycles. The van der Waals surface area contributed by atoms with Gasteiger partial charge in [-0.2, -0.15) is 0 Å². The van der Waals surface area contributed by atoms with Crippen LogP contribution in [0.2, 0.25) is 0 Å². The summed E-state index contributed by atoms with van der Waals surface area (Å²) in [4.78, 5) is 21.8. The number of rotatable bonds is 9. The average Bonchev–Trinajstić information content (AvgIpc) is 2.46. The van der Waals surface area contributed by atoms with Gasteiger partial charge >= 0.3 is 0 Å². The molecule has 2 amide bonds. The maximum atomic E-state index is 11.0. The van der Waals surface area contributed by atoms with Crippen LogP contribution in [0.3, 0.4) is 0 Å². The number of carbonyl (C=O) groups is 2. The van der Waals surface area contributed by atoms with Gasteiger partial charge in [-0.3, -0.25) is 14.9 Å². The van der Waals surface area contributed by atoms with E-state index in [0.717, 1.165) is 0 Å². The summed E-state index contributed by atoms with van der Waals surface area (Å²) >= 11 is 0. The Morgan fingerprint density at radius 2 is 2.24 bits per heavy atom. The van der Waals surface area contributed by atoms with Crippen molar-refractivity contribution in [1.82, 2.24) is 5.32 Å². The van der Waals surface area contributed by atoms with Crippen LogP contribution in [-0.2, 0) is 16.3 Å². The Kier molecular flexibility index (Phi) is 6.87. The summed E-state index contributed by atoms with van der Waals surface area (Å²) in [7, 11) is 0. The Morgan fingerprint density at radius 1 is 1.48 bits per heavy atom. The van der Waals surface area contributed by atoms with Gasteiger partial charge in [-0.1, -0.05) is 6.08 Å². The third-order valence-electron chi connectivity index (χ3n) is 2.61. The van der Waals surface area contributed by atoms with Gasteiger partial charge < -0.3 is 16.2 Å². The molecule has 1 aromatic rings. The molecule has 1 heterocycles. The van der Waals surface area contributed by atoms with E-state index in [-0.39, 0.29) is 6.73 Å². The molecule has 0 spiro atoms. The highest BCUT2D eigenvalue weighted by atomic mass is 16.5. The molecule has 0 atom stereocenters. The van der Waals surface area contributed by atoms with Crippen LogP contribution < -0.4 is 21.4 Å². The molecule has 1 rings (SSSR count). The lowest BCUT2D eigenvalue weighted by atomic mass is 10.2. The molecule has 7 nitrogen and oxygen atoms in total. The predicted octanol–water partition coefficient (Wildman–Crippen LogP) is -0.984. The van der Waals surface area contributed by atoms with E-state index in [1.54, 1.807) is 17.6 Å². The minimum absolute atomic E-state index is 0.223. The number of ether oxygens (including phenoxy) is 1. The second-order valence-corrected chi connectivity index (χ2v) is 4.34. The lowest BCUT2D eigenvalue weighted by molar-refractivity contribution is -0.733. The first-order valence-electron chi connectivity index (χ1n) is 6.38. The topological polar surface area (TPSA) is 111 Å². The number of nitrogens with zero attached hydrogens (tertiary/aromatic N) is 1. The Hall–Kier alpha value is -2.43. The quantitative estimate of drug-likeness (QED) is 0.235. The van der Waals surface area contributed by atoms with E-state index < -0.39 is 11.8 Å². The number of primary amides is 2. The Balaban J connectivity index is 2.20. The van der Waals surface area contributed by atoms with Crippen LogP contribution in [-0.4, -0.2) is 25.1 Å². The van der Waals surface area contributed by atoms with Gasteiger partial charge in [0.05, 0.1) is 0 Å². The minimum atomic E-state index is -0.524. The number of hydrogen-bond acceptors (Lipinski definition) is 4. The zero-order chi connectivity index (χ0) is 15.7. The maximum Gasteiger partial charge on any atom is 0.263 e. The number of aromatic nitrogens is 1. The highest BCUT2D eigenvalue weighted by Crippen LogP contribution is 1.92. The van der Waals surface area contributed by atoms with Crippen molar-refractivity contribution in [1.29, 1.82) is 0 Å². The summed E-state index contributed by atoms with van der Waals surface area (Å²) < 4.78 is 6.89. The maximum absolute atomic E-state index is 11.0. The minimum Gasteiger partial charge on any atom is -0.366 e. The molecule has 1 aromatic heterocycles. The molecular formula is C14H19N4O3+. The van der Waals surface area contributed by atoms with Crippen molar-refractivity contribution in [3.05, 3.63) is 41.7 Å². The van der Waals surface area contributed by atoms with Crippen molar-refractivity contribution in [2.75, 3.05) is 13.3 Å². The van der Waals surface area contributed by atoms with E-state index in [9.17, 15) is 9.59 Å². The highest BCUT2D eigenvalue weighted by Gasteiger charge is 2.06. The number of hydrogen-bond donors (Lipinski definition) is 3. The van der Waals surface area contributed by atoms with Gasteiger partial charge in [0, 0.05) is 24.3 Å². The molecule has 5 N–H and O–H groups in total.